The molecule has 5 heteroatoms. The predicted molar refractivity (Wildman–Crippen MR) is 224 cm³/mol. The van der Waals surface area contributed by atoms with E-state index in [1.807, 2.05) is 30.3 Å². The molecule has 0 saturated carbocycles. The van der Waals surface area contributed by atoms with Gasteiger partial charge in [-0.05, 0) is 90.0 Å². The summed E-state index contributed by atoms with van der Waals surface area (Å²) < 4.78 is 6.94. The monoisotopic (exact) mass is 699 g/mol. The number of nitrogens with zero attached hydrogens (tertiary/aromatic N) is 5. The molecular formula is C50H29N5. The van der Waals surface area contributed by atoms with E-state index in [9.17, 15) is 10.5 Å². The van der Waals surface area contributed by atoms with Crippen LogP contribution in [0.2, 0.25) is 0 Å². The Morgan fingerprint density at radius 2 is 0.855 bits per heavy atom. The first-order valence-corrected chi connectivity index (χ1v) is 18.3. The van der Waals surface area contributed by atoms with Crippen LogP contribution in [0.15, 0.2) is 176 Å². The summed E-state index contributed by atoms with van der Waals surface area (Å²) in [7, 11) is 0. The number of fused-ring (bicyclic) bond motifs is 9. The predicted octanol–water partition coefficient (Wildman–Crippen LogP) is 12.4. The standard InChI is InChI=1S/C50H29N5/c51-30-32-23-24-48-43(27-32)42-17-10-22-49(55-46-20-7-3-15-40(46)41-16-4-8-21-47(41)55)50(42)54(48)37-26-33(31-52)25-35(29-37)34-11-9-12-36(28-34)53-44-18-5-1-13-38(44)39-14-2-6-19-45(39)53/h1-29H. The molecular weight excluding hydrogens is 671 g/mol. The summed E-state index contributed by atoms with van der Waals surface area (Å²) in [4.78, 5) is 0. The van der Waals surface area contributed by atoms with Crippen molar-refractivity contribution in [2.45, 2.75) is 0 Å². The molecule has 3 aromatic heterocycles. The van der Waals surface area contributed by atoms with Crippen LogP contribution in [0.5, 0.6) is 0 Å². The molecule has 0 spiro atoms. The first kappa shape index (κ1) is 30.7. The first-order chi connectivity index (χ1) is 27.2. The number of hydrogen-bond donors (Lipinski definition) is 0. The van der Waals surface area contributed by atoms with Crippen LogP contribution in [0.25, 0.3) is 93.6 Å². The molecule has 0 aliphatic heterocycles. The normalized spacial score (nSPS) is 11.6. The van der Waals surface area contributed by atoms with E-state index in [1.54, 1.807) is 0 Å². The lowest BCUT2D eigenvalue weighted by atomic mass is 10.0. The molecule has 11 aromatic rings. The van der Waals surface area contributed by atoms with E-state index in [-0.39, 0.29) is 0 Å². The summed E-state index contributed by atoms with van der Waals surface area (Å²) in [6, 6.07) is 65.9. The van der Waals surface area contributed by atoms with E-state index in [1.165, 1.54) is 21.5 Å². The molecule has 5 nitrogen and oxygen atoms in total. The Balaban J connectivity index is 1.19. The highest BCUT2D eigenvalue weighted by molar-refractivity contribution is 6.15. The quantitative estimate of drug-likeness (QED) is 0.184. The minimum atomic E-state index is 0.563. The summed E-state index contributed by atoms with van der Waals surface area (Å²) in [5, 5.41) is 27.3. The molecule has 8 aromatic carbocycles. The van der Waals surface area contributed by atoms with Gasteiger partial charge in [-0.15, -0.1) is 0 Å². The summed E-state index contributed by atoms with van der Waals surface area (Å²) in [5.41, 5.74) is 12.5. The minimum absolute atomic E-state index is 0.563. The van der Waals surface area contributed by atoms with Crippen molar-refractivity contribution in [1.82, 2.24) is 13.7 Å². The van der Waals surface area contributed by atoms with Crippen molar-refractivity contribution in [3.05, 3.63) is 187 Å². The van der Waals surface area contributed by atoms with Crippen LogP contribution in [0.3, 0.4) is 0 Å². The van der Waals surface area contributed by atoms with Crippen LogP contribution >= 0.6 is 0 Å². The highest BCUT2D eigenvalue weighted by Gasteiger charge is 2.21. The van der Waals surface area contributed by atoms with Gasteiger partial charge in [-0.1, -0.05) is 97.1 Å². The fourth-order valence-corrected chi connectivity index (χ4v) is 8.75. The Morgan fingerprint density at radius 1 is 0.327 bits per heavy atom. The molecule has 254 valence electrons. The molecule has 0 unspecified atom stereocenters. The van der Waals surface area contributed by atoms with Gasteiger partial charge in [0.1, 0.15) is 0 Å². The van der Waals surface area contributed by atoms with Crippen LogP contribution in [-0.2, 0) is 0 Å². The van der Waals surface area contributed by atoms with Gasteiger partial charge in [-0.3, -0.25) is 0 Å². The third-order valence-electron chi connectivity index (χ3n) is 11.0. The number of benzene rings is 8. The van der Waals surface area contributed by atoms with Crippen LogP contribution in [0.4, 0.5) is 0 Å². The number of nitriles is 2. The first-order valence-electron chi connectivity index (χ1n) is 18.3. The molecule has 0 radical (unpaired) electrons. The van der Waals surface area contributed by atoms with E-state index >= 15 is 0 Å². The van der Waals surface area contributed by atoms with E-state index in [4.69, 9.17) is 0 Å². The van der Waals surface area contributed by atoms with Gasteiger partial charge in [0.25, 0.3) is 0 Å². The Bertz CT molecular complexity index is 3360. The zero-order valence-electron chi connectivity index (χ0n) is 29.5. The zero-order chi connectivity index (χ0) is 36.6. The SMILES string of the molecule is N#Cc1cc(-c2cccc(-n3c4ccccc4c4ccccc43)c2)cc(-n2c3ccc(C#N)cc3c3cccc(-n4c5ccccc5c5ccccc54)c32)c1. The Kier molecular flexibility index (Phi) is 6.61. The summed E-state index contributed by atoms with van der Waals surface area (Å²) in [5.74, 6) is 0. The third-order valence-corrected chi connectivity index (χ3v) is 11.0. The van der Waals surface area contributed by atoms with E-state index in [0.717, 1.165) is 72.1 Å². The van der Waals surface area contributed by atoms with Crippen molar-refractivity contribution >= 4 is 65.4 Å². The van der Waals surface area contributed by atoms with E-state index in [0.29, 0.717) is 11.1 Å². The fraction of sp³-hybridized carbons (Fsp3) is 0. The number of aromatic nitrogens is 3. The second-order valence-corrected chi connectivity index (χ2v) is 14.0. The Labute approximate surface area is 316 Å². The molecule has 0 bridgehead atoms. The van der Waals surface area contributed by atoms with Crippen molar-refractivity contribution in [1.29, 1.82) is 10.5 Å². The van der Waals surface area contributed by atoms with Crippen LogP contribution in [-0.4, -0.2) is 13.7 Å². The second-order valence-electron chi connectivity index (χ2n) is 14.0. The molecule has 0 fully saturated rings. The van der Waals surface area contributed by atoms with Crippen LogP contribution in [0, 0.1) is 22.7 Å². The summed E-state index contributed by atoms with van der Waals surface area (Å²) >= 11 is 0. The largest absolute Gasteiger partial charge is 0.309 e. The van der Waals surface area contributed by atoms with Gasteiger partial charge in [0, 0.05) is 43.7 Å². The number of hydrogen-bond acceptors (Lipinski definition) is 2. The highest BCUT2D eigenvalue weighted by Crippen LogP contribution is 2.41. The number of para-hydroxylation sites is 5. The molecule has 55 heavy (non-hydrogen) atoms. The van der Waals surface area contributed by atoms with Gasteiger partial charge in [-0.2, -0.15) is 10.5 Å². The molecule has 0 N–H and O–H groups in total. The fourth-order valence-electron chi connectivity index (χ4n) is 8.75. The summed E-state index contributed by atoms with van der Waals surface area (Å²) in [6.45, 7) is 0. The topological polar surface area (TPSA) is 62.4 Å². The number of rotatable bonds is 4. The van der Waals surface area contributed by atoms with E-state index < -0.39 is 0 Å². The van der Waals surface area contributed by atoms with Gasteiger partial charge in [0.2, 0.25) is 0 Å². The molecule has 3 heterocycles. The van der Waals surface area contributed by atoms with Crippen LogP contribution < -0.4 is 0 Å². The van der Waals surface area contributed by atoms with Crippen molar-refractivity contribution in [2.75, 3.05) is 0 Å². The average molecular weight is 700 g/mol. The maximum atomic E-state index is 10.5. The molecule has 0 atom stereocenters. The van der Waals surface area contributed by atoms with Crippen LogP contribution in [0.1, 0.15) is 11.1 Å². The smallest absolute Gasteiger partial charge is 0.0992 e. The van der Waals surface area contributed by atoms with Crippen molar-refractivity contribution < 1.29 is 0 Å². The molecule has 0 saturated heterocycles. The lowest BCUT2D eigenvalue weighted by Gasteiger charge is -2.16. The highest BCUT2D eigenvalue weighted by atomic mass is 15.1. The summed E-state index contributed by atoms with van der Waals surface area (Å²) in [6.07, 6.45) is 0. The van der Waals surface area contributed by atoms with Crippen molar-refractivity contribution in [3.8, 4) is 40.3 Å². The van der Waals surface area contributed by atoms with E-state index in [2.05, 4.69) is 171 Å². The Morgan fingerprint density at radius 3 is 1.47 bits per heavy atom. The molecule has 0 amide bonds. The van der Waals surface area contributed by atoms with Gasteiger partial charge >= 0.3 is 0 Å². The lowest BCUT2D eigenvalue weighted by molar-refractivity contribution is 1.13. The molecule has 0 aliphatic rings. The minimum Gasteiger partial charge on any atom is -0.309 e. The maximum Gasteiger partial charge on any atom is 0.0992 e. The zero-order valence-corrected chi connectivity index (χ0v) is 29.5. The third kappa shape index (κ3) is 4.51. The van der Waals surface area contributed by atoms with Gasteiger partial charge in [0.15, 0.2) is 0 Å². The van der Waals surface area contributed by atoms with Crippen molar-refractivity contribution in [2.24, 2.45) is 0 Å². The van der Waals surface area contributed by atoms with Crippen molar-refractivity contribution in [3.63, 3.8) is 0 Å². The van der Waals surface area contributed by atoms with Gasteiger partial charge in [0.05, 0.1) is 62.1 Å². The average Bonchev–Trinajstić information content (AvgIpc) is 3.89. The molecule has 0 aliphatic carbocycles. The Hall–Kier alpha value is -7.86. The molecule has 11 rings (SSSR count). The van der Waals surface area contributed by atoms with Gasteiger partial charge < -0.3 is 13.7 Å². The maximum absolute atomic E-state index is 10.5. The lowest BCUT2D eigenvalue weighted by Crippen LogP contribution is -2.01. The van der Waals surface area contributed by atoms with Gasteiger partial charge in [-0.25, -0.2) is 0 Å². The second kappa shape index (κ2) is 11.8.